The Kier molecular flexibility index (Phi) is 7.08. The van der Waals surface area contributed by atoms with E-state index in [1.165, 1.54) is 20.3 Å². The van der Waals surface area contributed by atoms with Crippen molar-refractivity contribution in [1.82, 2.24) is 9.47 Å². The van der Waals surface area contributed by atoms with Crippen LogP contribution in [0.1, 0.15) is 30.5 Å². The Morgan fingerprint density at radius 3 is 2.24 bits per heavy atom. The summed E-state index contributed by atoms with van der Waals surface area (Å²) < 4.78 is 9.43. The summed E-state index contributed by atoms with van der Waals surface area (Å²) in [7, 11) is 0. The largest absolute Gasteiger partial charge is 0.415 e. The highest BCUT2D eigenvalue weighted by Gasteiger charge is 2.19. The van der Waals surface area contributed by atoms with Crippen LogP contribution in [0.2, 0.25) is 0 Å². The molecule has 1 heterocycles. The first-order valence-electron chi connectivity index (χ1n) is 11.3. The van der Waals surface area contributed by atoms with E-state index in [1.54, 1.807) is 4.90 Å². The number of hydrogen-bond acceptors (Lipinski definition) is 2. The van der Waals surface area contributed by atoms with E-state index in [0.717, 1.165) is 28.6 Å². The quantitative estimate of drug-likeness (QED) is 0.234. The lowest BCUT2D eigenvalue weighted by atomic mass is 9.97. The van der Waals surface area contributed by atoms with Gasteiger partial charge < -0.3 is 14.2 Å². The average Bonchev–Trinajstić information content (AvgIpc) is 3.18. The van der Waals surface area contributed by atoms with Crippen LogP contribution < -0.4 is 4.74 Å². The normalized spacial score (nSPS) is 11.1. The number of aromatic nitrogens is 1. The predicted molar refractivity (Wildman–Crippen MR) is 144 cm³/mol. The van der Waals surface area contributed by atoms with E-state index in [4.69, 9.17) is 4.74 Å². The highest BCUT2D eigenvalue weighted by molar-refractivity contribution is 14.1. The minimum absolute atomic E-state index is 0.316. The molecule has 0 aliphatic heterocycles. The van der Waals surface area contributed by atoms with Crippen molar-refractivity contribution in [2.75, 3.05) is 13.1 Å². The molecule has 4 aromatic rings. The first kappa shape index (κ1) is 23.4. The third kappa shape index (κ3) is 5.08. The molecular formula is C28H29IN2O2. The minimum Gasteiger partial charge on any atom is -0.410 e. The van der Waals surface area contributed by atoms with Crippen molar-refractivity contribution < 1.29 is 9.53 Å². The molecule has 0 radical (unpaired) electrons. The van der Waals surface area contributed by atoms with E-state index in [-0.39, 0.29) is 6.09 Å². The first-order chi connectivity index (χ1) is 15.9. The molecule has 0 aliphatic carbocycles. The number of rotatable bonds is 6. The lowest BCUT2D eigenvalue weighted by molar-refractivity contribution is 0.157. The fourth-order valence-corrected chi connectivity index (χ4v) is 4.68. The fraction of sp³-hybridized carbons (Fsp3) is 0.250. The Labute approximate surface area is 209 Å². The van der Waals surface area contributed by atoms with Gasteiger partial charge in [-0.05, 0) is 91.7 Å². The van der Waals surface area contributed by atoms with E-state index in [0.29, 0.717) is 18.8 Å². The van der Waals surface area contributed by atoms with Gasteiger partial charge in [0.25, 0.3) is 0 Å². The molecule has 0 atom stereocenters. The monoisotopic (exact) mass is 552 g/mol. The number of nitrogens with zero attached hydrogens (tertiary/aromatic N) is 2. The Morgan fingerprint density at radius 1 is 0.939 bits per heavy atom. The topological polar surface area (TPSA) is 34.5 Å². The van der Waals surface area contributed by atoms with Gasteiger partial charge in [-0.15, -0.1) is 0 Å². The van der Waals surface area contributed by atoms with Gasteiger partial charge in [0.1, 0.15) is 5.75 Å². The third-order valence-corrected chi connectivity index (χ3v) is 6.63. The summed E-state index contributed by atoms with van der Waals surface area (Å²) in [6.45, 7) is 10.1. The second-order valence-electron chi connectivity index (χ2n) is 8.36. The second-order valence-corrected chi connectivity index (χ2v) is 9.60. The lowest BCUT2D eigenvalue weighted by Crippen LogP contribution is -2.33. The Bertz CT molecular complexity index is 1270. The maximum absolute atomic E-state index is 12.8. The van der Waals surface area contributed by atoms with Crippen LogP contribution in [-0.2, 0) is 6.54 Å². The van der Waals surface area contributed by atoms with Gasteiger partial charge in [-0.25, -0.2) is 4.79 Å². The Morgan fingerprint density at radius 2 is 1.61 bits per heavy atom. The molecule has 1 aromatic heterocycles. The van der Waals surface area contributed by atoms with E-state index >= 15 is 0 Å². The van der Waals surface area contributed by atoms with Gasteiger partial charge in [-0.1, -0.05) is 41.5 Å². The zero-order valence-corrected chi connectivity index (χ0v) is 21.7. The van der Waals surface area contributed by atoms with Crippen molar-refractivity contribution in [3.05, 3.63) is 87.1 Å². The van der Waals surface area contributed by atoms with Crippen LogP contribution in [0.5, 0.6) is 5.75 Å². The summed E-state index contributed by atoms with van der Waals surface area (Å²) in [5.74, 6) is 0.594. The number of halogens is 1. The molecule has 170 valence electrons. The molecule has 1 amide bonds. The minimum atomic E-state index is -0.316. The van der Waals surface area contributed by atoms with Gasteiger partial charge in [-0.2, -0.15) is 0 Å². The van der Waals surface area contributed by atoms with Crippen molar-refractivity contribution >= 4 is 39.6 Å². The molecule has 0 fully saturated rings. The van der Waals surface area contributed by atoms with Gasteiger partial charge in [0, 0.05) is 45.9 Å². The molecule has 0 aliphatic rings. The summed E-state index contributed by atoms with van der Waals surface area (Å²) in [5.41, 5.74) is 6.75. The molecule has 0 saturated heterocycles. The second kappa shape index (κ2) is 10.00. The average molecular weight is 552 g/mol. The summed E-state index contributed by atoms with van der Waals surface area (Å²) in [4.78, 5) is 14.5. The molecule has 0 unspecified atom stereocenters. The Balaban J connectivity index is 1.83. The van der Waals surface area contributed by atoms with Gasteiger partial charge in [0.2, 0.25) is 0 Å². The van der Waals surface area contributed by atoms with Crippen LogP contribution in [0.15, 0.2) is 66.9 Å². The summed E-state index contributed by atoms with van der Waals surface area (Å²) >= 11 is 2.33. The molecule has 33 heavy (non-hydrogen) atoms. The molecule has 4 rings (SSSR count). The van der Waals surface area contributed by atoms with Crippen LogP contribution in [0.4, 0.5) is 4.79 Å². The molecule has 0 N–H and O–H groups in total. The highest BCUT2D eigenvalue weighted by atomic mass is 127. The van der Waals surface area contributed by atoms with E-state index in [9.17, 15) is 4.79 Å². The predicted octanol–water partition coefficient (Wildman–Crippen LogP) is 7.42. The highest BCUT2D eigenvalue weighted by Crippen LogP contribution is 2.39. The number of carbonyl (C=O) groups is 1. The third-order valence-electron chi connectivity index (χ3n) is 5.91. The number of aryl methyl sites for hydroxylation is 2. The van der Waals surface area contributed by atoms with Crippen molar-refractivity contribution in [2.45, 2.75) is 34.2 Å². The smallest absolute Gasteiger partial charge is 0.410 e. The molecule has 3 aromatic carbocycles. The van der Waals surface area contributed by atoms with Crippen LogP contribution in [0.25, 0.3) is 22.0 Å². The zero-order valence-electron chi connectivity index (χ0n) is 19.6. The molecule has 5 heteroatoms. The van der Waals surface area contributed by atoms with E-state index in [2.05, 4.69) is 102 Å². The number of fused-ring (bicyclic) bond motifs is 1. The van der Waals surface area contributed by atoms with Crippen molar-refractivity contribution in [1.29, 1.82) is 0 Å². The molecule has 0 bridgehead atoms. The zero-order chi connectivity index (χ0) is 23.5. The first-order valence-corrected chi connectivity index (χ1v) is 12.4. The van der Waals surface area contributed by atoms with Gasteiger partial charge in [0.15, 0.2) is 0 Å². The number of hydrogen-bond donors (Lipinski definition) is 0. The number of carbonyl (C=O) groups excluding carboxylic acids is 1. The van der Waals surface area contributed by atoms with E-state index in [1.807, 2.05) is 19.9 Å². The number of amides is 1. The maximum atomic E-state index is 12.8. The van der Waals surface area contributed by atoms with Crippen LogP contribution in [-0.4, -0.2) is 28.6 Å². The number of ether oxygens (including phenoxy) is 1. The van der Waals surface area contributed by atoms with Crippen LogP contribution >= 0.6 is 22.6 Å². The molecule has 0 spiro atoms. The molecular weight excluding hydrogens is 523 g/mol. The summed E-state index contributed by atoms with van der Waals surface area (Å²) in [5, 5.41) is 1.08. The summed E-state index contributed by atoms with van der Waals surface area (Å²) in [6.07, 6.45) is 1.80. The fourth-order valence-electron chi connectivity index (χ4n) is 4.32. The summed E-state index contributed by atoms with van der Waals surface area (Å²) in [6, 6.07) is 21.2. The molecule has 4 nitrogen and oxygen atoms in total. The van der Waals surface area contributed by atoms with Crippen molar-refractivity contribution in [3.63, 3.8) is 0 Å². The van der Waals surface area contributed by atoms with Crippen LogP contribution in [0.3, 0.4) is 0 Å². The maximum Gasteiger partial charge on any atom is 0.415 e. The van der Waals surface area contributed by atoms with Gasteiger partial charge in [-0.3, -0.25) is 0 Å². The SMILES string of the molecule is CCN(CC)C(=O)Oc1ccc2c(ccn2Cc2ccc(I)cc2)c1-c1cc(C)cc(C)c1. The number of benzene rings is 3. The standard InChI is InChI=1S/C28H29IN2O2/c1-5-30(6-2)28(32)33-26-12-11-25-24(27(26)22-16-19(3)15-20(4)17-22)13-14-31(25)18-21-7-9-23(29)10-8-21/h7-17H,5-6,18H2,1-4H3. The lowest BCUT2D eigenvalue weighted by Gasteiger charge is -2.20. The van der Waals surface area contributed by atoms with Crippen molar-refractivity contribution in [2.24, 2.45) is 0 Å². The van der Waals surface area contributed by atoms with Crippen LogP contribution in [0, 0.1) is 17.4 Å². The van der Waals surface area contributed by atoms with E-state index < -0.39 is 0 Å². The van der Waals surface area contributed by atoms with Gasteiger partial charge in [0.05, 0.1) is 0 Å². The van der Waals surface area contributed by atoms with Crippen molar-refractivity contribution in [3.8, 4) is 16.9 Å². The van der Waals surface area contributed by atoms with Gasteiger partial charge >= 0.3 is 6.09 Å². The Hall–Kier alpha value is -2.80. The molecule has 0 saturated carbocycles.